The fraction of sp³-hybridized carbons (Fsp3) is 0.462. The van der Waals surface area contributed by atoms with E-state index in [0.717, 1.165) is 6.07 Å². The van der Waals surface area contributed by atoms with E-state index < -0.39 is 11.6 Å². The van der Waals surface area contributed by atoms with Gasteiger partial charge in [0.05, 0.1) is 0 Å². The Morgan fingerprint density at radius 3 is 2.38 bits per heavy atom. The summed E-state index contributed by atoms with van der Waals surface area (Å²) in [6.45, 7) is 5.72. The second-order valence-electron chi connectivity index (χ2n) is 4.41. The Morgan fingerprint density at radius 2 is 1.88 bits per heavy atom. The molecule has 1 aromatic rings. The van der Waals surface area contributed by atoms with Crippen molar-refractivity contribution in [3.63, 3.8) is 0 Å². The predicted molar refractivity (Wildman–Crippen MR) is 59.1 cm³/mol. The fourth-order valence-corrected chi connectivity index (χ4v) is 1.39. The van der Waals surface area contributed by atoms with Crippen LogP contribution in [-0.4, -0.2) is 5.78 Å². The molecule has 88 valence electrons. The first-order chi connectivity index (χ1) is 7.41. The summed E-state index contributed by atoms with van der Waals surface area (Å²) in [5, 5.41) is 0. The SMILES string of the molecule is CC(C)C(C)C(=O)Cc1ccc(F)cc1F. The molecule has 0 aliphatic rings. The maximum Gasteiger partial charge on any atom is 0.140 e. The molecule has 16 heavy (non-hydrogen) atoms. The molecule has 1 rings (SSSR count). The van der Waals surface area contributed by atoms with Crippen LogP contribution in [0.25, 0.3) is 0 Å². The Labute approximate surface area is 94.5 Å². The van der Waals surface area contributed by atoms with Gasteiger partial charge in [0.2, 0.25) is 0 Å². The Bertz CT molecular complexity index is 386. The number of carbonyl (C=O) groups excluding carboxylic acids is 1. The van der Waals surface area contributed by atoms with Crippen LogP contribution in [0.2, 0.25) is 0 Å². The first-order valence-corrected chi connectivity index (χ1v) is 5.38. The molecule has 0 aromatic heterocycles. The highest BCUT2D eigenvalue weighted by Gasteiger charge is 2.18. The summed E-state index contributed by atoms with van der Waals surface area (Å²) in [5.41, 5.74) is 0.263. The minimum Gasteiger partial charge on any atom is -0.299 e. The van der Waals surface area contributed by atoms with Gasteiger partial charge in [-0.05, 0) is 17.5 Å². The molecular weight excluding hydrogens is 210 g/mol. The molecule has 0 aliphatic heterocycles. The van der Waals surface area contributed by atoms with E-state index in [9.17, 15) is 13.6 Å². The van der Waals surface area contributed by atoms with Gasteiger partial charge in [0, 0.05) is 18.4 Å². The van der Waals surface area contributed by atoms with Gasteiger partial charge < -0.3 is 0 Å². The lowest BCUT2D eigenvalue weighted by Crippen LogP contribution is -2.19. The molecule has 0 N–H and O–H groups in total. The van der Waals surface area contributed by atoms with Gasteiger partial charge in [-0.25, -0.2) is 8.78 Å². The lowest BCUT2D eigenvalue weighted by molar-refractivity contribution is -0.122. The number of hydrogen-bond acceptors (Lipinski definition) is 1. The molecule has 0 heterocycles. The molecule has 1 unspecified atom stereocenters. The maximum atomic E-state index is 13.3. The summed E-state index contributed by atoms with van der Waals surface area (Å²) < 4.78 is 25.9. The van der Waals surface area contributed by atoms with Gasteiger partial charge in [0.25, 0.3) is 0 Å². The predicted octanol–water partition coefficient (Wildman–Crippen LogP) is 3.37. The Balaban J connectivity index is 2.77. The topological polar surface area (TPSA) is 17.1 Å². The van der Waals surface area contributed by atoms with Crippen molar-refractivity contribution in [2.24, 2.45) is 11.8 Å². The van der Waals surface area contributed by atoms with Crippen LogP contribution in [0.3, 0.4) is 0 Å². The van der Waals surface area contributed by atoms with Crippen LogP contribution in [0.15, 0.2) is 18.2 Å². The molecule has 0 radical (unpaired) electrons. The minimum absolute atomic E-state index is 0.0134. The van der Waals surface area contributed by atoms with E-state index in [1.165, 1.54) is 12.1 Å². The number of halogens is 2. The van der Waals surface area contributed by atoms with Gasteiger partial charge in [-0.1, -0.05) is 26.8 Å². The monoisotopic (exact) mass is 226 g/mol. The molecule has 0 amide bonds. The number of ketones is 1. The standard InChI is InChI=1S/C13H16F2O/c1-8(2)9(3)13(16)6-10-4-5-11(14)7-12(10)15/h4-5,7-9H,6H2,1-3H3. The lowest BCUT2D eigenvalue weighted by atomic mass is 9.90. The third-order valence-corrected chi connectivity index (χ3v) is 2.89. The number of hydrogen-bond donors (Lipinski definition) is 0. The molecule has 1 nitrogen and oxygen atoms in total. The molecule has 0 fully saturated rings. The van der Waals surface area contributed by atoms with Crippen molar-refractivity contribution in [3.8, 4) is 0 Å². The van der Waals surface area contributed by atoms with Crippen LogP contribution in [0.4, 0.5) is 8.78 Å². The van der Waals surface area contributed by atoms with Gasteiger partial charge in [0.1, 0.15) is 17.4 Å². The van der Waals surface area contributed by atoms with E-state index in [-0.39, 0.29) is 29.6 Å². The average Bonchev–Trinajstić information content (AvgIpc) is 2.20. The van der Waals surface area contributed by atoms with E-state index in [0.29, 0.717) is 0 Å². The smallest absolute Gasteiger partial charge is 0.140 e. The maximum absolute atomic E-state index is 13.3. The average molecular weight is 226 g/mol. The first kappa shape index (κ1) is 12.8. The molecule has 0 saturated carbocycles. The van der Waals surface area contributed by atoms with Gasteiger partial charge in [0.15, 0.2) is 0 Å². The van der Waals surface area contributed by atoms with E-state index in [2.05, 4.69) is 0 Å². The fourth-order valence-electron chi connectivity index (χ4n) is 1.39. The molecule has 0 aliphatic carbocycles. The van der Waals surface area contributed by atoms with Crippen molar-refractivity contribution in [3.05, 3.63) is 35.4 Å². The zero-order chi connectivity index (χ0) is 12.3. The normalized spacial score (nSPS) is 12.9. The molecule has 3 heteroatoms. The van der Waals surface area contributed by atoms with Crippen LogP contribution in [-0.2, 0) is 11.2 Å². The summed E-state index contributed by atoms with van der Waals surface area (Å²) in [7, 11) is 0. The highest BCUT2D eigenvalue weighted by Crippen LogP contribution is 2.16. The minimum atomic E-state index is -0.649. The van der Waals surface area contributed by atoms with Crippen molar-refractivity contribution in [1.29, 1.82) is 0 Å². The summed E-state index contributed by atoms with van der Waals surface area (Å²) in [5.74, 6) is -1.16. The quantitative estimate of drug-likeness (QED) is 0.769. The van der Waals surface area contributed by atoms with Gasteiger partial charge >= 0.3 is 0 Å². The molecule has 0 spiro atoms. The number of Topliss-reactive ketones (excluding diaryl/α,β-unsaturated/α-hetero) is 1. The number of benzene rings is 1. The molecule has 0 saturated heterocycles. The zero-order valence-corrected chi connectivity index (χ0v) is 9.76. The third-order valence-electron chi connectivity index (χ3n) is 2.89. The summed E-state index contributed by atoms with van der Waals surface area (Å²) >= 11 is 0. The highest BCUT2D eigenvalue weighted by atomic mass is 19.1. The Morgan fingerprint density at radius 1 is 1.25 bits per heavy atom. The summed E-state index contributed by atoms with van der Waals surface area (Å²) in [6, 6.07) is 3.31. The Hall–Kier alpha value is -1.25. The van der Waals surface area contributed by atoms with E-state index in [1.54, 1.807) is 0 Å². The molecule has 1 atom stereocenters. The summed E-state index contributed by atoms with van der Waals surface area (Å²) in [6.07, 6.45) is 0.0332. The van der Waals surface area contributed by atoms with Crippen molar-refractivity contribution < 1.29 is 13.6 Å². The number of carbonyl (C=O) groups is 1. The van der Waals surface area contributed by atoms with Crippen molar-refractivity contribution >= 4 is 5.78 Å². The van der Waals surface area contributed by atoms with Crippen LogP contribution in [0.5, 0.6) is 0 Å². The van der Waals surface area contributed by atoms with Gasteiger partial charge in [-0.2, -0.15) is 0 Å². The van der Waals surface area contributed by atoms with E-state index in [1.807, 2.05) is 20.8 Å². The van der Waals surface area contributed by atoms with Crippen LogP contribution in [0, 0.1) is 23.5 Å². The summed E-state index contributed by atoms with van der Waals surface area (Å²) in [4.78, 5) is 11.7. The zero-order valence-electron chi connectivity index (χ0n) is 9.76. The van der Waals surface area contributed by atoms with Gasteiger partial charge in [-0.15, -0.1) is 0 Å². The third kappa shape index (κ3) is 3.12. The molecule has 0 bridgehead atoms. The largest absolute Gasteiger partial charge is 0.299 e. The Kier molecular flexibility index (Phi) is 4.16. The highest BCUT2D eigenvalue weighted by molar-refractivity contribution is 5.83. The first-order valence-electron chi connectivity index (χ1n) is 5.38. The van der Waals surface area contributed by atoms with Crippen LogP contribution >= 0.6 is 0 Å². The number of rotatable bonds is 4. The van der Waals surface area contributed by atoms with E-state index in [4.69, 9.17) is 0 Å². The van der Waals surface area contributed by atoms with Crippen LogP contribution in [0.1, 0.15) is 26.3 Å². The second-order valence-corrected chi connectivity index (χ2v) is 4.41. The molecule has 1 aromatic carbocycles. The molecular formula is C13H16F2O. The van der Waals surface area contributed by atoms with Crippen molar-refractivity contribution in [2.45, 2.75) is 27.2 Å². The van der Waals surface area contributed by atoms with Crippen LogP contribution < -0.4 is 0 Å². The van der Waals surface area contributed by atoms with Crippen molar-refractivity contribution in [2.75, 3.05) is 0 Å². The van der Waals surface area contributed by atoms with Gasteiger partial charge in [-0.3, -0.25) is 4.79 Å². The second kappa shape index (κ2) is 5.19. The van der Waals surface area contributed by atoms with E-state index >= 15 is 0 Å². The lowest BCUT2D eigenvalue weighted by Gasteiger charge is -2.14. The van der Waals surface area contributed by atoms with Crippen molar-refractivity contribution in [1.82, 2.24) is 0 Å².